The van der Waals surface area contributed by atoms with E-state index in [0.717, 1.165) is 0 Å². The number of amides is 1. The van der Waals surface area contributed by atoms with Gasteiger partial charge in [-0.1, -0.05) is 20.3 Å². The van der Waals surface area contributed by atoms with Crippen LogP contribution in [0, 0.1) is 5.92 Å². The van der Waals surface area contributed by atoms with E-state index in [1.165, 1.54) is 22.2 Å². The molecule has 0 bridgehead atoms. The molecule has 8 heteroatoms. The Kier molecular flexibility index (Phi) is 5.49. The van der Waals surface area contributed by atoms with Crippen molar-refractivity contribution in [3.8, 4) is 0 Å². The third-order valence-electron chi connectivity index (χ3n) is 3.83. The van der Waals surface area contributed by atoms with Gasteiger partial charge in [0.1, 0.15) is 10.9 Å². The molecule has 7 nitrogen and oxygen atoms in total. The van der Waals surface area contributed by atoms with Crippen LogP contribution in [0.2, 0.25) is 0 Å². The minimum atomic E-state index is -1.05. The van der Waals surface area contributed by atoms with Gasteiger partial charge in [0.25, 0.3) is 5.56 Å². The number of nitrogens with zero attached hydrogens (tertiary/aromatic N) is 2. The van der Waals surface area contributed by atoms with Gasteiger partial charge in [0.05, 0.1) is 11.7 Å². The van der Waals surface area contributed by atoms with Crippen LogP contribution in [0.4, 0.5) is 0 Å². The van der Waals surface area contributed by atoms with Crippen LogP contribution in [0.15, 0.2) is 22.6 Å². The van der Waals surface area contributed by atoms with Crippen LogP contribution in [0.25, 0.3) is 10.2 Å². The summed E-state index contributed by atoms with van der Waals surface area (Å²) in [4.78, 5) is 40.2. The van der Waals surface area contributed by atoms with Crippen LogP contribution in [-0.4, -0.2) is 32.6 Å². The summed E-state index contributed by atoms with van der Waals surface area (Å²) >= 11 is 1.38. The summed E-state index contributed by atoms with van der Waals surface area (Å²) in [5.74, 6) is -1.61. The predicted octanol–water partition coefficient (Wildman–Crippen LogP) is 1.46. The molecule has 0 radical (unpaired) electrons. The molecule has 0 fully saturated rings. The van der Waals surface area contributed by atoms with Gasteiger partial charge in [-0.2, -0.15) is 0 Å². The van der Waals surface area contributed by atoms with Crippen LogP contribution in [0.5, 0.6) is 0 Å². The van der Waals surface area contributed by atoms with E-state index in [-0.39, 0.29) is 24.4 Å². The summed E-state index contributed by atoms with van der Waals surface area (Å²) in [5, 5.41) is 14.0. The van der Waals surface area contributed by atoms with Gasteiger partial charge in [-0.15, -0.1) is 11.3 Å². The molecule has 0 saturated heterocycles. The Morgan fingerprint density at radius 2 is 2.22 bits per heavy atom. The molecule has 0 saturated carbocycles. The fourth-order valence-corrected chi connectivity index (χ4v) is 2.93. The number of aromatic nitrogens is 2. The molecule has 0 aliphatic rings. The van der Waals surface area contributed by atoms with E-state index >= 15 is 0 Å². The van der Waals surface area contributed by atoms with Crippen LogP contribution < -0.4 is 10.9 Å². The van der Waals surface area contributed by atoms with Crippen molar-refractivity contribution < 1.29 is 14.7 Å². The molecule has 1 amide bonds. The number of carboxylic acids is 1. The number of carbonyl (C=O) groups excluding carboxylic acids is 1. The monoisotopic (exact) mass is 337 g/mol. The number of carbonyl (C=O) groups is 2. The summed E-state index contributed by atoms with van der Waals surface area (Å²) in [6.07, 6.45) is 2.09. The van der Waals surface area contributed by atoms with Crippen molar-refractivity contribution in [2.45, 2.75) is 39.3 Å². The molecule has 2 aromatic heterocycles. The van der Waals surface area contributed by atoms with Gasteiger partial charge in [-0.3, -0.25) is 14.2 Å². The molecule has 124 valence electrons. The molecule has 0 aliphatic carbocycles. The zero-order valence-corrected chi connectivity index (χ0v) is 13.8. The number of rotatable bonds is 7. The van der Waals surface area contributed by atoms with Crippen LogP contribution in [-0.2, 0) is 16.1 Å². The lowest BCUT2D eigenvalue weighted by molar-refractivity contribution is -0.143. The number of hydrogen-bond donors (Lipinski definition) is 2. The highest BCUT2D eigenvalue weighted by Gasteiger charge is 2.25. The molecule has 2 rings (SSSR count). The first-order valence-corrected chi connectivity index (χ1v) is 8.26. The molecule has 23 heavy (non-hydrogen) atoms. The second-order valence-electron chi connectivity index (χ2n) is 5.40. The zero-order valence-electron chi connectivity index (χ0n) is 13.0. The first-order valence-electron chi connectivity index (χ1n) is 7.38. The van der Waals surface area contributed by atoms with Crippen molar-refractivity contribution in [3.05, 3.63) is 28.1 Å². The summed E-state index contributed by atoms with van der Waals surface area (Å²) < 4.78 is 1.37. The molecule has 0 aromatic carbocycles. The van der Waals surface area contributed by atoms with Crippen LogP contribution in [0.1, 0.15) is 26.7 Å². The Bertz CT molecular complexity index is 767. The van der Waals surface area contributed by atoms with Crippen LogP contribution in [0.3, 0.4) is 0 Å². The predicted molar refractivity (Wildman–Crippen MR) is 87.5 cm³/mol. The molecular weight excluding hydrogens is 318 g/mol. The Morgan fingerprint density at radius 3 is 2.87 bits per heavy atom. The summed E-state index contributed by atoms with van der Waals surface area (Å²) in [5.41, 5.74) is -0.194. The Labute approximate surface area is 137 Å². The largest absolute Gasteiger partial charge is 0.480 e. The first-order chi connectivity index (χ1) is 10.9. The maximum absolute atomic E-state index is 12.2. The van der Waals surface area contributed by atoms with Crippen molar-refractivity contribution in [2.75, 3.05) is 0 Å². The minimum Gasteiger partial charge on any atom is -0.480 e. The number of carboxylic acid groups (broad SMARTS) is 1. The van der Waals surface area contributed by atoms with Gasteiger partial charge in [0.15, 0.2) is 0 Å². The molecule has 0 aliphatic heterocycles. The van der Waals surface area contributed by atoms with Gasteiger partial charge in [-0.05, 0) is 17.4 Å². The molecule has 2 atom stereocenters. The number of aryl methyl sites for hydroxylation is 1. The van der Waals surface area contributed by atoms with E-state index in [9.17, 15) is 14.4 Å². The smallest absolute Gasteiger partial charge is 0.326 e. The first kappa shape index (κ1) is 17.1. The van der Waals surface area contributed by atoms with E-state index < -0.39 is 17.9 Å². The average Bonchev–Trinajstić information content (AvgIpc) is 3.00. The van der Waals surface area contributed by atoms with Gasteiger partial charge in [0, 0.05) is 13.0 Å². The van der Waals surface area contributed by atoms with Crippen molar-refractivity contribution in [2.24, 2.45) is 5.92 Å². The number of hydrogen-bond acceptors (Lipinski definition) is 5. The number of aliphatic carboxylic acids is 1. The molecule has 0 spiro atoms. The van der Waals surface area contributed by atoms with Crippen molar-refractivity contribution >= 4 is 33.4 Å². The van der Waals surface area contributed by atoms with E-state index in [2.05, 4.69) is 10.3 Å². The van der Waals surface area contributed by atoms with Gasteiger partial charge >= 0.3 is 5.97 Å². The SMILES string of the molecule is CC[C@H](C)[C@H](NC(=O)CCn1cnc2sccc2c1=O)C(=O)O. The number of thiophene rings is 1. The molecule has 0 unspecified atom stereocenters. The molecular formula is C15H19N3O4S. The zero-order chi connectivity index (χ0) is 17.0. The highest BCUT2D eigenvalue weighted by atomic mass is 32.1. The maximum Gasteiger partial charge on any atom is 0.326 e. The third kappa shape index (κ3) is 3.95. The summed E-state index contributed by atoms with van der Waals surface area (Å²) in [7, 11) is 0. The fourth-order valence-electron chi connectivity index (χ4n) is 2.20. The summed E-state index contributed by atoms with van der Waals surface area (Å²) in [6.45, 7) is 3.81. The van der Waals surface area contributed by atoms with Gasteiger partial charge < -0.3 is 10.4 Å². The van der Waals surface area contributed by atoms with E-state index in [1.54, 1.807) is 18.4 Å². The molecule has 2 heterocycles. The van der Waals surface area contributed by atoms with E-state index in [1.807, 2.05) is 6.92 Å². The lowest BCUT2D eigenvalue weighted by Gasteiger charge is -2.20. The topological polar surface area (TPSA) is 101 Å². The lowest BCUT2D eigenvalue weighted by Crippen LogP contribution is -2.45. The quantitative estimate of drug-likeness (QED) is 0.796. The third-order valence-corrected chi connectivity index (χ3v) is 4.65. The molecule has 2 N–H and O–H groups in total. The van der Waals surface area contributed by atoms with Crippen molar-refractivity contribution in [3.63, 3.8) is 0 Å². The highest BCUT2D eigenvalue weighted by Crippen LogP contribution is 2.13. The minimum absolute atomic E-state index is 0.0252. The standard InChI is InChI=1S/C15H19N3O4S/c1-3-9(2)12(15(21)22)17-11(19)4-6-18-8-16-13-10(14(18)20)5-7-23-13/h5,7-9,12H,3-4,6H2,1-2H3,(H,17,19)(H,21,22)/t9-,12-/m0/s1. The van der Waals surface area contributed by atoms with E-state index in [0.29, 0.717) is 16.6 Å². The van der Waals surface area contributed by atoms with Crippen LogP contribution >= 0.6 is 11.3 Å². The Hall–Kier alpha value is -2.22. The summed E-state index contributed by atoms with van der Waals surface area (Å²) in [6, 6.07) is 0.789. The second-order valence-corrected chi connectivity index (χ2v) is 6.30. The molecule has 2 aromatic rings. The number of fused-ring (bicyclic) bond motifs is 1. The lowest BCUT2D eigenvalue weighted by atomic mass is 9.99. The van der Waals surface area contributed by atoms with Gasteiger partial charge in [-0.25, -0.2) is 9.78 Å². The maximum atomic E-state index is 12.2. The van der Waals surface area contributed by atoms with Crippen molar-refractivity contribution in [1.29, 1.82) is 0 Å². The van der Waals surface area contributed by atoms with Crippen molar-refractivity contribution in [1.82, 2.24) is 14.9 Å². The fraction of sp³-hybridized carbons (Fsp3) is 0.467. The second kappa shape index (κ2) is 7.36. The highest BCUT2D eigenvalue weighted by molar-refractivity contribution is 7.16. The normalized spacial score (nSPS) is 13.7. The van der Waals surface area contributed by atoms with E-state index in [4.69, 9.17) is 5.11 Å². The number of nitrogens with one attached hydrogen (secondary N) is 1. The average molecular weight is 337 g/mol. The van der Waals surface area contributed by atoms with Gasteiger partial charge in [0.2, 0.25) is 5.91 Å². The Morgan fingerprint density at radius 1 is 1.48 bits per heavy atom. The Balaban J connectivity index is 2.01.